The number of hydrogen-bond acceptors (Lipinski definition) is 2. The van der Waals surface area contributed by atoms with Crippen LogP contribution >= 0.6 is 11.6 Å². The van der Waals surface area contributed by atoms with Gasteiger partial charge in [-0.3, -0.25) is 4.99 Å². The SMILES string of the molecule is CN=C(NCCc1ccc(F)cc1Cl)NC1CC2CCCC(C1)N2C. The van der Waals surface area contributed by atoms with E-state index in [1.54, 1.807) is 13.1 Å². The topological polar surface area (TPSA) is 39.7 Å². The number of hydrogen-bond donors (Lipinski definition) is 2. The van der Waals surface area contributed by atoms with Crippen LogP contribution in [-0.2, 0) is 6.42 Å². The fourth-order valence-electron chi connectivity index (χ4n) is 4.16. The molecule has 0 aromatic heterocycles. The highest BCUT2D eigenvalue weighted by molar-refractivity contribution is 6.31. The maximum absolute atomic E-state index is 13.1. The van der Waals surface area contributed by atoms with Gasteiger partial charge in [0.05, 0.1) is 0 Å². The second-order valence-corrected chi connectivity index (χ2v) is 7.61. The molecule has 2 aliphatic heterocycles. The third kappa shape index (κ3) is 4.64. The number of piperidine rings is 2. The summed E-state index contributed by atoms with van der Waals surface area (Å²) < 4.78 is 13.1. The fourth-order valence-corrected chi connectivity index (χ4v) is 4.42. The molecule has 2 saturated heterocycles. The van der Waals surface area contributed by atoms with Crippen molar-refractivity contribution in [2.75, 3.05) is 20.6 Å². The van der Waals surface area contributed by atoms with E-state index in [-0.39, 0.29) is 5.82 Å². The molecule has 0 amide bonds. The van der Waals surface area contributed by atoms with Crippen LogP contribution in [0, 0.1) is 5.82 Å². The zero-order valence-electron chi connectivity index (χ0n) is 15.1. The van der Waals surface area contributed by atoms with Gasteiger partial charge < -0.3 is 15.5 Å². The molecule has 2 heterocycles. The molecule has 6 heteroatoms. The highest BCUT2D eigenvalue weighted by Gasteiger charge is 2.36. The van der Waals surface area contributed by atoms with E-state index in [1.807, 2.05) is 0 Å². The van der Waals surface area contributed by atoms with E-state index in [1.165, 1.54) is 44.2 Å². The molecule has 138 valence electrons. The third-order valence-electron chi connectivity index (χ3n) is 5.61. The smallest absolute Gasteiger partial charge is 0.191 e. The van der Waals surface area contributed by atoms with E-state index < -0.39 is 0 Å². The molecule has 0 radical (unpaired) electrons. The fraction of sp³-hybridized carbons (Fsp3) is 0.632. The van der Waals surface area contributed by atoms with E-state index in [2.05, 4.69) is 27.6 Å². The van der Waals surface area contributed by atoms with Crippen LogP contribution in [0.2, 0.25) is 5.02 Å². The van der Waals surface area contributed by atoms with Crippen LogP contribution in [0.3, 0.4) is 0 Å². The predicted octanol–water partition coefficient (Wildman–Crippen LogP) is 3.20. The number of guanidine groups is 1. The maximum atomic E-state index is 13.1. The Labute approximate surface area is 154 Å². The molecular formula is C19H28ClFN4. The van der Waals surface area contributed by atoms with Gasteiger partial charge in [-0.25, -0.2) is 4.39 Å². The lowest BCUT2D eigenvalue weighted by Crippen LogP contribution is -2.56. The van der Waals surface area contributed by atoms with Crippen LogP contribution in [0.15, 0.2) is 23.2 Å². The minimum absolute atomic E-state index is 0.299. The van der Waals surface area contributed by atoms with Crippen LogP contribution in [0.1, 0.15) is 37.7 Å². The molecule has 2 N–H and O–H groups in total. The van der Waals surface area contributed by atoms with Gasteiger partial charge >= 0.3 is 0 Å². The molecule has 0 aliphatic carbocycles. The van der Waals surface area contributed by atoms with Crippen molar-refractivity contribution >= 4 is 17.6 Å². The lowest BCUT2D eigenvalue weighted by atomic mass is 9.82. The van der Waals surface area contributed by atoms with E-state index in [0.717, 1.165) is 17.9 Å². The van der Waals surface area contributed by atoms with Gasteiger partial charge in [0.25, 0.3) is 0 Å². The number of halogens is 2. The highest BCUT2D eigenvalue weighted by atomic mass is 35.5. The molecule has 2 aliphatic rings. The van der Waals surface area contributed by atoms with Crippen LogP contribution in [-0.4, -0.2) is 49.6 Å². The number of benzene rings is 1. The number of fused-ring (bicyclic) bond motifs is 2. The van der Waals surface area contributed by atoms with Gasteiger partial charge in [0.15, 0.2) is 5.96 Å². The Morgan fingerprint density at radius 1 is 1.32 bits per heavy atom. The maximum Gasteiger partial charge on any atom is 0.191 e. The van der Waals surface area contributed by atoms with E-state index in [9.17, 15) is 4.39 Å². The zero-order valence-corrected chi connectivity index (χ0v) is 15.8. The first-order valence-corrected chi connectivity index (χ1v) is 9.57. The third-order valence-corrected chi connectivity index (χ3v) is 5.96. The van der Waals surface area contributed by atoms with Crippen LogP contribution < -0.4 is 10.6 Å². The molecule has 25 heavy (non-hydrogen) atoms. The van der Waals surface area contributed by atoms with E-state index in [0.29, 0.717) is 29.7 Å². The minimum Gasteiger partial charge on any atom is -0.356 e. The van der Waals surface area contributed by atoms with Crippen molar-refractivity contribution in [3.05, 3.63) is 34.6 Å². The number of nitrogens with one attached hydrogen (secondary N) is 2. The molecule has 3 rings (SSSR count). The van der Waals surface area contributed by atoms with Crippen molar-refractivity contribution in [1.82, 2.24) is 15.5 Å². The lowest BCUT2D eigenvalue weighted by Gasteiger charge is -2.47. The van der Waals surface area contributed by atoms with E-state index >= 15 is 0 Å². The molecule has 1 aromatic rings. The van der Waals surface area contributed by atoms with Gasteiger partial charge in [0.2, 0.25) is 0 Å². The Kier molecular flexibility index (Phi) is 6.18. The molecule has 0 spiro atoms. The Morgan fingerprint density at radius 3 is 2.68 bits per heavy atom. The molecule has 2 unspecified atom stereocenters. The summed E-state index contributed by atoms with van der Waals surface area (Å²) in [4.78, 5) is 6.91. The first kappa shape index (κ1) is 18.5. The zero-order chi connectivity index (χ0) is 17.8. The Balaban J connectivity index is 1.48. The minimum atomic E-state index is -0.299. The number of aliphatic imine (C=N–C) groups is 1. The molecule has 1 aromatic carbocycles. The summed E-state index contributed by atoms with van der Waals surface area (Å²) in [6, 6.07) is 6.43. The summed E-state index contributed by atoms with van der Waals surface area (Å²) in [6.45, 7) is 0.713. The Bertz CT molecular complexity index is 607. The van der Waals surface area contributed by atoms with Crippen molar-refractivity contribution < 1.29 is 4.39 Å². The van der Waals surface area contributed by atoms with Crippen LogP contribution in [0.5, 0.6) is 0 Å². The van der Waals surface area contributed by atoms with Gasteiger partial charge in [0.1, 0.15) is 5.82 Å². The average Bonchev–Trinajstić information content (AvgIpc) is 2.56. The Hall–Kier alpha value is -1.33. The van der Waals surface area contributed by atoms with Crippen molar-refractivity contribution in [3.8, 4) is 0 Å². The normalized spacial score (nSPS) is 27.2. The summed E-state index contributed by atoms with van der Waals surface area (Å²) in [5, 5.41) is 7.42. The van der Waals surface area contributed by atoms with Gasteiger partial charge in [0, 0.05) is 36.7 Å². The van der Waals surface area contributed by atoms with Crippen LogP contribution in [0.4, 0.5) is 4.39 Å². The average molecular weight is 367 g/mol. The van der Waals surface area contributed by atoms with Crippen molar-refractivity contribution in [3.63, 3.8) is 0 Å². The molecular weight excluding hydrogens is 339 g/mol. The van der Waals surface area contributed by atoms with Gasteiger partial charge in [-0.15, -0.1) is 0 Å². The molecule has 2 atom stereocenters. The molecule has 2 bridgehead atoms. The van der Waals surface area contributed by atoms with Gasteiger partial charge in [-0.2, -0.15) is 0 Å². The summed E-state index contributed by atoms with van der Waals surface area (Å²) in [7, 11) is 4.07. The standard InChI is InChI=1S/C19H28ClFN4/c1-22-19(23-9-8-13-6-7-14(21)10-18(13)20)24-15-11-16-4-3-5-17(12-15)25(16)2/h6-7,10,15-17H,3-5,8-9,11-12H2,1-2H3,(H2,22,23,24). The molecule has 4 nitrogen and oxygen atoms in total. The monoisotopic (exact) mass is 366 g/mol. The highest BCUT2D eigenvalue weighted by Crippen LogP contribution is 2.32. The van der Waals surface area contributed by atoms with Gasteiger partial charge in [-0.05, 0) is 56.8 Å². The summed E-state index contributed by atoms with van der Waals surface area (Å²) in [6.07, 6.45) is 7.06. The summed E-state index contributed by atoms with van der Waals surface area (Å²) >= 11 is 6.08. The molecule has 2 fully saturated rings. The first-order chi connectivity index (χ1) is 12.1. The van der Waals surface area contributed by atoms with Crippen molar-refractivity contribution in [2.45, 2.75) is 56.7 Å². The first-order valence-electron chi connectivity index (χ1n) is 9.20. The van der Waals surface area contributed by atoms with Gasteiger partial charge in [-0.1, -0.05) is 24.1 Å². The van der Waals surface area contributed by atoms with Crippen molar-refractivity contribution in [2.24, 2.45) is 4.99 Å². The second-order valence-electron chi connectivity index (χ2n) is 7.20. The lowest BCUT2D eigenvalue weighted by molar-refractivity contribution is 0.0526. The Morgan fingerprint density at radius 2 is 2.04 bits per heavy atom. The van der Waals surface area contributed by atoms with Crippen molar-refractivity contribution in [1.29, 1.82) is 0 Å². The number of nitrogens with zero attached hydrogens (tertiary/aromatic N) is 2. The largest absolute Gasteiger partial charge is 0.356 e. The summed E-state index contributed by atoms with van der Waals surface area (Å²) in [5.74, 6) is 0.540. The number of rotatable bonds is 4. The quantitative estimate of drug-likeness (QED) is 0.635. The predicted molar refractivity (Wildman–Crippen MR) is 102 cm³/mol. The second kappa shape index (κ2) is 8.37. The molecule has 0 saturated carbocycles. The van der Waals surface area contributed by atoms with E-state index in [4.69, 9.17) is 11.6 Å². The summed E-state index contributed by atoms with van der Waals surface area (Å²) in [5.41, 5.74) is 0.944. The van der Waals surface area contributed by atoms with Crippen LogP contribution in [0.25, 0.3) is 0 Å².